The minimum atomic E-state index is 0.522. The molecule has 3 nitrogen and oxygen atoms in total. The molecule has 0 bridgehead atoms. The SMILES string of the molecule is C=CCc1cnc([Se])nc1N. The molecule has 0 aliphatic carbocycles. The van der Waals surface area contributed by atoms with Gasteiger partial charge in [-0.15, -0.1) is 0 Å². The van der Waals surface area contributed by atoms with E-state index in [9.17, 15) is 0 Å². The third-order valence-electron chi connectivity index (χ3n) is 1.24. The van der Waals surface area contributed by atoms with Crippen LogP contribution in [0.3, 0.4) is 0 Å². The Kier molecular flexibility index (Phi) is 2.63. The van der Waals surface area contributed by atoms with Crippen LogP contribution in [0.5, 0.6) is 0 Å². The fourth-order valence-electron chi connectivity index (χ4n) is 0.716. The molecule has 0 saturated carbocycles. The van der Waals surface area contributed by atoms with Crippen LogP contribution in [0.4, 0.5) is 5.82 Å². The summed E-state index contributed by atoms with van der Waals surface area (Å²) in [5.41, 5.74) is 6.50. The third-order valence-corrected chi connectivity index (χ3v) is 1.65. The van der Waals surface area contributed by atoms with Gasteiger partial charge in [0.05, 0.1) is 0 Å². The number of hydrogen-bond acceptors (Lipinski definition) is 3. The van der Waals surface area contributed by atoms with E-state index in [1.807, 2.05) is 0 Å². The van der Waals surface area contributed by atoms with Gasteiger partial charge in [0.1, 0.15) is 0 Å². The molecule has 0 fully saturated rings. The molecule has 0 amide bonds. The summed E-state index contributed by atoms with van der Waals surface area (Å²) in [6.45, 7) is 3.60. The predicted octanol–water partition coefficient (Wildman–Crippen LogP) is -0.419. The molecule has 1 rings (SSSR count). The van der Waals surface area contributed by atoms with Crippen molar-refractivity contribution < 1.29 is 0 Å². The van der Waals surface area contributed by atoms with Gasteiger partial charge in [0.25, 0.3) is 0 Å². The van der Waals surface area contributed by atoms with Crippen molar-refractivity contribution in [3.8, 4) is 0 Å². The van der Waals surface area contributed by atoms with Crippen LogP contribution in [0.1, 0.15) is 5.56 Å². The molecule has 0 aromatic carbocycles. The van der Waals surface area contributed by atoms with Crippen LogP contribution >= 0.6 is 0 Å². The zero-order valence-electron chi connectivity index (χ0n) is 5.95. The Labute approximate surface area is 73.6 Å². The van der Waals surface area contributed by atoms with Gasteiger partial charge in [-0.3, -0.25) is 0 Å². The van der Waals surface area contributed by atoms with Crippen LogP contribution in [-0.4, -0.2) is 26.0 Å². The van der Waals surface area contributed by atoms with Gasteiger partial charge in [-0.2, -0.15) is 0 Å². The Morgan fingerprint density at radius 1 is 1.73 bits per heavy atom. The van der Waals surface area contributed by atoms with Crippen molar-refractivity contribution >= 4 is 26.6 Å². The number of anilines is 1. The molecule has 1 radical (unpaired) electrons. The van der Waals surface area contributed by atoms with Gasteiger partial charge >= 0.3 is 73.1 Å². The zero-order valence-corrected chi connectivity index (χ0v) is 7.66. The first-order valence-corrected chi connectivity index (χ1v) is 3.99. The predicted molar refractivity (Wildman–Crippen MR) is 45.7 cm³/mol. The van der Waals surface area contributed by atoms with E-state index >= 15 is 0 Å². The summed E-state index contributed by atoms with van der Waals surface area (Å²) >= 11 is 2.68. The zero-order chi connectivity index (χ0) is 8.27. The minimum absolute atomic E-state index is 0.522. The molecule has 0 unspecified atom stereocenters. The molecule has 11 heavy (non-hydrogen) atoms. The van der Waals surface area contributed by atoms with Crippen molar-refractivity contribution in [2.24, 2.45) is 0 Å². The topological polar surface area (TPSA) is 51.8 Å². The van der Waals surface area contributed by atoms with E-state index in [0.717, 1.165) is 5.56 Å². The summed E-state index contributed by atoms with van der Waals surface area (Å²) in [6.07, 6.45) is 4.19. The molecule has 1 heterocycles. The number of nitrogen functional groups attached to an aromatic ring is 1. The van der Waals surface area contributed by atoms with Gasteiger partial charge in [-0.25, -0.2) is 0 Å². The van der Waals surface area contributed by atoms with Crippen molar-refractivity contribution in [1.82, 2.24) is 9.97 Å². The maximum absolute atomic E-state index is 5.59. The first-order valence-electron chi connectivity index (χ1n) is 3.13. The second-order valence-corrected chi connectivity index (χ2v) is 2.82. The number of nitrogens with zero attached hydrogens (tertiary/aromatic N) is 2. The molecule has 1 aromatic rings. The van der Waals surface area contributed by atoms with Crippen LogP contribution in [0, 0.1) is 0 Å². The molecule has 2 N–H and O–H groups in total. The second-order valence-electron chi connectivity index (χ2n) is 2.06. The molecule has 0 spiro atoms. The number of nitrogens with two attached hydrogens (primary N) is 1. The van der Waals surface area contributed by atoms with E-state index in [2.05, 4.69) is 32.6 Å². The third kappa shape index (κ3) is 2.03. The summed E-state index contributed by atoms with van der Waals surface area (Å²) in [4.78, 5) is 7.92. The fraction of sp³-hybridized carbons (Fsp3) is 0.143. The standard InChI is InChI=1S/C7H8N3Se/c1-2-3-5-4-9-7(11)10-6(5)8/h2,4H,1,3H2,(H2,8,9,10). The second kappa shape index (κ2) is 3.51. The van der Waals surface area contributed by atoms with Crippen molar-refractivity contribution in [1.29, 1.82) is 0 Å². The summed E-state index contributed by atoms with van der Waals surface area (Å²) in [7, 11) is 0. The molecule has 1 aromatic heterocycles. The maximum atomic E-state index is 5.59. The summed E-state index contributed by atoms with van der Waals surface area (Å²) in [6, 6.07) is 0. The van der Waals surface area contributed by atoms with E-state index in [0.29, 0.717) is 17.0 Å². The normalized spacial score (nSPS) is 9.45. The Morgan fingerprint density at radius 2 is 2.45 bits per heavy atom. The van der Waals surface area contributed by atoms with E-state index in [-0.39, 0.29) is 0 Å². The number of hydrogen-bond donors (Lipinski definition) is 1. The number of aromatic nitrogens is 2. The van der Waals surface area contributed by atoms with Crippen LogP contribution in [0.25, 0.3) is 0 Å². The van der Waals surface area contributed by atoms with Gasteiger partial charge in [0.15, 0.2) is 0 Å². The first-order chi connectivity index (χ1) is 5.24. The van der Waals surface area contributed by atoms with Crippen molar-refractivity contribution in [3.05, 3.63) is 24.4 Å². The molecule has 0 aliphatic rings. The average Bonchev–Trinajstić information content (AvgIpc) is 1.95. The molecule has 0 saturated heterocycles. The van der Waals surface area contributed by atoms with Gasteiger partial charge in [0, 0.05) is 0 Å². The molecule has 0 atom stereocenters. The Morgan fingerprint density at radius 3 is 3.00 bits per heavy atom. The Hall–Kier alpha value is -0.861. The van der Waals surface area contributed by atoms with Crippen molar-refractivity contribution in [2.45, 2.75) is 6.42 Å². The number of rotatable bonds is 2. The summed E-state index contributed by atoms with van der Waals surface area (Å²) < 4.78 is 0.579. The fourth-order valence-corrected chi connectivity index (χ4v) is 1.03. The van der Waals surface area contributed by atoms with E-state index in [1.165, 1.54) is 0 Å². The van der Waals surface area contributed by atoms with Crippen LogP contribution in [0.15, 0.2) is 18.9 Å². The van der Waals surface area contributed by atoms with Crippen LogP contribution in [-0.2, 0) is 6.42 Å². The van der Waals surface area contributed by atoms with Crippen LogP contribution in [0.2, 0.25) is 0 Å². The quantitative estimate of drug-likeness (QED) is 0.536. The molecular weight excluding hydrogens is 205 g/mol. The molecule has 4 heteroatoms. The Bertz CT molecular complexity index is 272. The van der Waals surface area contributed by atoms with Gasteiger partial charge in [0.2, 0.25) is 0 Å². The van der Waals surface area contributed by atoms with E-state index < -0.39 is 0 Å². The summed E-state index contributed by atoms with van der Waals surface area (Å²) in [5.74, 6) is 0.522. The average molecular weight is 213 g/mol. The van der Waals surface area contributed by atoms with Gasteiger partial charge in [-0.05, 0) is 0 Å². The van der Waals surface area contributed by atoms with E-state index in [4.69, 9.17) is 5.73 Å². The molecular formula is C7H8N3Se. The Balaban J connectivity index is 2.98. The van der Waals surface area contributed by atoms with Crippen LogP contribution < -0.4 is 10.5 Å². The molecule has 57 valence electrons. The van der Waals surface area contributed by atoms with Crippen molar-refractivity contribution in [2.75, 3.05) is 5.73 Å². The first kappa shape index (κ1) is 8.24. The van der Waals surface area contributed by atoms with Crippen molar-refractivity contribution in [3.63, 3.8) is 0 Å². The number of allylic oxidation sites excluding steroid dienone is 1. The van der Waals surface area contributed by atoms with E-state index in [1.54, 1.807) is 12.3 Å². The monoisotopic (exact) mass is 214 g/mol. The van der Waals surface area contributed by atoms with Gasteiger partial charge in [-0.1, -0.05) is 0 Å². The van der Waals surface area contributed by atoms with Gasteiger partial charge < -0.3 is 0 Å². The summed E-state index contributed by atoms with van der Waals surface area (Å²) in [5, 5.41) is 0. The molecule has 0 aliphatic heterocycles.